The van der Waals surface area contributed by atoms with Gasteiger partial charge in [0.2, 0.25) is 0 Å². The van der Waals surface area contributed by atoms with Crippen LogP contribution in [0.3, 0.4) is 0 Å². The van der Waals surface area contributed by atoms with Crippen LogP contribution in [-0.4, -0.2) is 24.6 Å². The molecule has 1 heterocycles. The minimum atomic E-state index is -0.437. The number of furan rings is 1. The maximum atomic E-state index is 13.9. The van der Waals surface area contributed by atoms with Crippen LogP contribution >= 0.6 is 0 Å². The summed E-state index contributed by atoms with van der Waals surface area (Å²) in [7, 11) is 0. The van der Waals surface area contributed by atoms with Gasteiger partial charge in [-0.05, 0) is 68.0 Å². The van der Waals surface area contributed by atoms with Crippen molar-refractivity contribution in [1.29, 1.82) is 0 Å². The molecule has 39 heavy (non-hydrogen) atoms. The Labute approximate surface area is 229 Å². The molecule has 1 fully saturated rings. The maximum Gasteiger partial charge on any atom is 0.310 e. The summed E-state index contributed by atoms with van der Waals surface area (Å²) in [6, 6.07) is 17.6. The number of carbonyl (C=O) groups is 3. The standard InChI is InChI=1S/C34H34O5/c1-5-22-8-10-23(11-9-22)31-30(34(37)38-6-2)21(4)16-24-17-25(33(36)32(24)31)18-27-12-14-29(39-27)28-13-7-20(3)15-26(28)19-35/h7-16,18-19,21,30-32H,5-6,17H2,1-4H3/b25-18+. The fourth-order valence-corrected chi connectivity index (χ4v) is 6.17. The van der Waals surface area contributed by atoms with E-state index in [0.29, 0.717) is 35.7 Å². The molecule has 0 saturated heterocycles. The highest BCUT2D eigenvalue weighted by Crippen LogP contribution is 2.52. The van der Waals surface area contributed by atoms with Gasteiger partial charge >= 0.3 is 5.97 Å². The minimum absolute atomic E-state index is 0.0221. The number of ketones is 1. The molecule has 1 saturated carbocycles. The van der Waals surface area contributed by atoms with Crippen LogP contribution in [0, 0.1) is 24.7 Å². The number of benzene rings is 2. The topological polar surface area (TPSA) is 73.6 Å². The second-order valence-electron chi connectivity index (χ2n) is 10.6. The molecule has 0 radical (unpaired) electrons. The monoisotopic (exact) mass is 522 g/mol. The molecule has 0 spiro atoms. The molecule has 0 amide bonds. The molecule has 200 valence electrons. The minimum Gasteiger partial charge on any atom is -0.466 e. The van der Waals surface area contributed by atoms with E-state index in [-0.39, 0.29) is 23.6 Å². The number of hydrogen-bond donors (Lipinski definition) is 0. The van der Waals surface area contributed by atoms with E-state index in [0.717, 1.165) is 35.0 Å². The lowest BCUT2D eigenvalue weighted by Gasteiger charge is -2.37. The zero-order chi connectivity index (χ0) is 27.7. The molecule has 3 aromatic rings. The third-order valence-electron chi connectivity index (χ3n) is 8.06. The van der Waals surface area contributed by atoms with E-state index in [1.54, 1.807) is 6.08 Å². The normalized spacial score (nSPS) is 23.4. The van der Waals surface area contributed by atoms with Crippen LogP contribution in [0.2, 0.25) is 0 Å². The molecular formula is C34H34O5. The van der Waals surface area contributed by atoms with Gasteiger partial charge in [0.05, 0.1) is 18.4 Å². The highest BCUT2D eigenvalue weighted by molar-refractivity contribution is 6.07. The smallest absolute Gasteiger partial charge is 0.310 e. The van der Waals surface area contributed by atoms with Crippen molar-refractivity contribution in [2.45, 2.75) is 46.5 Å². The van der Waals surface area contributed by atoms with Gasteiger partial charge in [-0.3, -0.25) is 14.4 Å². The number of esters is 1. The number of rotatable bonds is 7. The quantitative estimate of drug-likeness (QED) is 0.143. The first-order valence-electron chi connectivity index (χ1n) is 13.7. The Balaban J connectivity index is 1.51. The van der Waals surface area contributed by atoms with Crippen LogP contribution < -0.4 is 0 Å². The van der Waals surface area contributed by atoms with Crippen molar-refractivity contribution < 1.29 is 23.5 Å². The number of hydrogen-bond acceptors (Lipinski definition) is 5. The molecule has 5 nitrogen and oxygen atoms in total. The van der Waals surface area contributed by atoms with Crippen LogP contribution in [0.1, 0.15) is 65.9 Å². The van der Waals surface area contributed by atoms with Crippen molar-refractivity contribution in [2.24, 2.45) is 17.8 Å². The number of aldehydes is 1. The summed E-state index contributed by atoms with van der Waals surface area (Å²) in [5.41, 5.74) is 6.20. The Morgan fingerprint density at radius 3 is 2.54 bits per heavy atom. The molecule has 2 aromatic carbocycles. The van der Waals surface area contributed by atoms with Gasteiger partial charge in [0.15, 0.2) is 12.1 Å². The van der Waals surface area contributed by atoms with Crippen molar-refractivity contribution in [1.82, 2.24) is 0 Å². The number of aryl methyl sites for hydroxylation is 2. The summed E-state index contributed by atoms with van der Waals surface area (Å²) >= 11 is 0. The number of allylic oxidation sites excluding steroid dienone is 3. The van der Waals surface area contributed by atoms with Crippen LogP contribution in [0.15, 0.2) is 76.2 Å². The fraction of sp³-hybridized carbons (Fsp3) is 0.324. The molecule has 5 heteroatoms. The van der Waals surface area contributed by atoms with E-state index in [1.165, 1.54) is 5.56 Å². The van der Waals surface area contributed by atoms with Gasteiger partial charge < -0.3 is 9.15 Å². The Morgan fingerprint density at radius 1 is 1.08 bits per heavy atom. The predicted octanol–water partition coefficient (Wildman–Crippen LogP) is 7.14. The van der Waals surface area contributed by atoms with Crippen molar-refractivity contribution in [3.63, 3.8) is 0 Å². The molecule has 4 atom stereocenters. The molecule has 5 rings (SSSR count). The van der Waals surface area contributed by atoms with Gasteiger partial charge in [0.25, 0.3) is 0 Å². The average Bonchev–Trinajstić information content (AvgIpc) is 3.52. The summed E-state index contributed by atoms with van der Waals surface area (Å²) in [4.78, 5) is 38.7. The van der Waals surface area contributed by atoms with E-state index in [4.69, 9.17) is 9.15 Å². The van der Waals surface area contributed by atoms with Crippen LogP contribution in [0.25, 0.3) is 17.4 Å². The molecule has 0 bridgehead atoms. The summed E-state index contributed by atoms with van der Waals surface area (Å²) in [6.45, 7) is 8.20. The van der Waals surface area contributed by atoms with E-state index < -0.39 is 11.8 Å². The highest BCUT2D eigenvalue weighted by atomic mass is 16.5. The van der Waals surface area contributed by atoms with Gasteiger partial charge in [0, 0.05) is 22.6 Å². The van der Waals surface area contributed by atoms with E-state index in [2.05, 4.69) is 37.3 Å². The molecule has 4 unspecified atom stereocenters. The Kier molecular flexibility index (Phi) is 7.51. The van der Waals surface area contributed by atoms with E-state index in [1.807, 2.05) is 51.1 Å². The molecule has 0 N–H and O–H groups in total. The lowest BCUT2D eigenvalue weighted by Crippen LogP contribution is -2.38. The molecular weight excluding hydrogens is 488 g/mol. The zero-order valence-electron chi connectivity index (χ0n) is 22.9. The van der Waals surface area contributed by atoms with Gasteiger partial charge in [0.1, 0.15) is 11.5 Å². The lowest BCUT2D eigenvalue weighted by molar-refractivity contribution is -0.151. The third kappa shape index (κ3) is 5.06. The number of ether oxygens (including phenoxy) is 1. The highest BCUT2D eigenvalue weighted by Gasteiger charge is 2.50. The summed E-state index contributed by atoms with van der Waals surface area (Å²) in [5, 5.41) is 0. The van der Waals surface area contributed by atoms with E-state index >= 15 is 0 Å². The van der Waals surface area contributed by atoms with Crippen LogP contribution in [0.4, 0.5) is 0 Å². The number of carbonyl (C=O) groups excluding carboxylic acids is 3. The first-order chi connectivity index (χ1) is 18.8. The number of fused-ring (bicyclic) bond motifs is 1. The van der Waals surface area contributed by atoms with Gasteiger partial charge in [-0.15, -0.1) is 0 Å². The number of Topliss-reactive ketones (excluding diaryl/α,β-unsaturated/α-hetero) is 1. The zero-order valence-corrected chi connectivity index (χ0v) is 22.9. The van der Waals surface area contributed by atoms with Gasteiger partial charge in [-0.1, -0.05) is 67.5 Å². The molecule has 1 aromatic heterocycles. The van der Waals surface area contributed by atoms with Crippen LogP contribution in [0.5, 0.6) is 0 Å². The largest absolute Gasteiger partial charge is 0.466 e. The summed E-state index contributed by atoms with van der Waals surface area (Å²) in [6.07, 6.45) is 6.17. The second kappa shape index (κ2) is 11.0. The van der Waals surface area contributed by atoms with Crippen molar-refractivity contribution in [3.8, 4) is 11.3 Å². The van der Waals surface area contributed by atoms with Crippen molar-refractivity contribution in [3.05, 3.63) is 99.8 Å². The fourth-order valence-electron chi connectivity index (χ4n) is 6.17. The Hall–Kier alpha value is -3.99. The predicted molar refractivity (Wildman–Crippen MR) is 151 cm³/mol. The SMILES string of the molecule is CCOC(=O)C1C(C)C=C2C/C(=C\c3ccc(-c4ccc(C)cc4C=O)o3)C(=O)C2C1c1ccc(CC)cc1. The first-order valence-corrected chi connectivity index (χ1v) is 13.7. The summed E-state index contributed by atoms with van der Waals surface area (Å²) < 4.78 is 11.6. The molecule has 2 aliphatic rings. The van der Waals surface area contributed by atoms with Crippen molar-refractivity contribution >= 4 is 24.1 Å². The Morgan fingerprint density at radius 2 is 1.85 bits per heavy atom. The third-order valence-corrected chi connectivity index (χ3v) is 8.06. The van der Waals surface area contributed by atoms with Crippen molar-refractivity contribution in [2.75, 3.05) is 6.61 Å². The maximum absolute atomic E-state index is 13.9. The Bertz CT molecular complexity index is 1470. The average molecular weight is 523 g/mol. The first kappa shape index (κ1) is 26.6. The van der Waals surface area contributed by atoms with Crippen LogP contribution in [-0.2, 0) is 20.7 Å². The second-order valence-corrected chi connectivity index (χ2v) is 10.6. The summed E-state index contributed by atoms with van der Waals surface area (Å²) in [5.74, 6) is -0.297. The van der Waals surface area contributed by atoms with Gasteiger partial charge in [-0.2, -0.15) is 0 Å². The van der Waals surface area contributed by atoms with Gasteiger partial charge in [-0.25, -0.2) is 0 Å². The van der Waals surface area contributed by atoms with E-state index in [9.17, 15) is 14.4 Å². The lowest BCUT2D eigenvalue weighted by atomic mass is 9.65. The molecule has 2 aliphatic carbocycles. The molecule has 0 aliphatic heterocycles.